The summed E-state index contributed by atoms with van der Waals surface area (Å²) >= 11 is 0. The molecule has 82 valence electrons. The van der Waals surface area contributed by atoms with Crippen molar-refractivity contribution in [3.8, 4) is 0 Å². The second-order valence-corrected chi connectivity index (χ2v) is 3.72. The first-order valence-electron chi connectivity index (χ1n) is 5.15. The van der Waals surface area contributed by atoms with Gasteiger partial charge in [0.2, 0.25) is 5.91 Å². The molecule has 0 aliphatic rings. The molecule has 0 atom stereocenters. The van der Waals surface area contributed by atoms with E-state index in [2.05, 4.69) is 16.7 Å². The van der Waals surface area contributed by atoms with Crippen LogP contribution >= 0.6 is 0 Å². The molecule has 0 fully saturated rings. The Morgan fingerprint density at radius 1 is 1.33 bits per heavy atom. The minimum Gasteiger partial charge on any atom is -0.326 e. The highest BCUT2D eigenvalue weighted by molar-refractivity contribution is 5.91. The lowest BCUT2D eigenvalue weighted by Gasteiger charge is -2.08. The molecule has 0 saturated heterocycles. The zero-order valence-corrected chi connectivity index (χ0v) is 9.55. The predicted octanol–water partition coefficient (Wildman–Crippen LogP) is 1.85. The van der Waals surface area contributed by atoms with Gasteiger partial charge in [0.25, 0.3) is 0 Å². The van der Waals surface area contributed by atoms with Gasteiger partial charge < -0.3 is 10.6 Å². The van der Waals surface area contributed by atoms with Gasteiger partial charge in [0.05, 0.1) is 0 Å². The van der Waals surface area contributed by atoms with Crippen LogP contribution < -0.4 is 10.6 Å². The third kappa shape index (κ3) is 3.72. The molecule has 1 aromatic rings. The molecular formula is C12H18N2O. The number of carbonyl (C=O) groups is 1. The normalized spacial score (nSPS) is 10.1. The molecule has 0 aliphatic carbocycles. The van der Waals surface area contributed by atoms with E-state index in [0.717, 1.165) is 11.3 Å². The van der Waals surface area contributed by atoms with E-state index >= 15 is 0 Å². The molecule has 2 N–H and O–H groups in total. The van der Waals surface area contributed by atoms with Gasteiger partial charge in [0.1, 0.15) is 0 Å². The van der Waals surface area contributed by atoms with Crippen LogP contribution in [0, 0.1) is 13.8 Å². The lowest BCUT2D eigenvalue weighted by Crippen LogP contribution is -2.19. The molecule has 3 heteroatoms. The van der Waals surface area contributed by atoms with Crippen molar-refractivity contribution in [3.63, 3.8) is 0 Å². The summed E-state index contributed by atoms with van der Waals surface area (Å²) in [6, 6.07) is 6.01. The highest BCUT2D eigenvalue weighted by Gasteiger charge is 2.03. The largest absolute Gasteiger partial charge is 0.326 e. The van der Waals surface area contributed by atoms with Crippen molar-refractivity contribution >= 4 is 11.6 Å². The monoisotopic (exact) mass is 206 g/mol. The molecule has 0 aromatic heterocycles. The summed E-state index contributed by atoms with van der Waals surface area (Å²) in [5.41, 5.74) is 3.22. The lowest BCUT2D eigenvalue weighted by molar-refractivity contribution is -0.116. The van der Waals surface area contributed by atoms with E-state index in [1.165, 1.54) is 5.56 Å². The molecule has 0 aliphatic heterocycles. The van der Waals surface area contributed by atoms with Gasteiger partial charge in [0, 0.05) is 18.7 Å². The topological polar surface area (TPSA) is 41.1 Å². The third-order valence-corrected chi connectivity index (χ3v) is 2.26. The van der Waals surface area contributed by atoms with Crippen LogP contribution in [0.5, 0.6) is 0 Å². The van der Waals surface area contributed by atoms with Crippen molar-refractivity contribution < 1.29 is 4.79 Å². The van der Waals surface area contributed by atoms with Crippen LogP contribution in [0.2, 0.25) is 0 Å². The Morgan fingerprint density at radius 2 is 2.07 bits per heavy atom. The number of rotatable bonds is 4. The van der Waals surface area contributed by atoms with Gasteiger partial charge in [-0.1, -0.05) is 17.7 Å². The third-order valence-electron chi connectivity index (χ3n) is 2.26. The average Bonchev–Trinajstić information content (AvgIpc) is 2.19. The van der Waals surface area contributed by atoms with E-state index in [4.69, 9.17) is 0 Å². The first kappa shape index (κ1) is 11.7. The number of nitrogens with one attached hydrogen (secondary N) is 2. The van der Waals surface area contributed by atoms with Crippen molar-refractivity contribution in [2.75, 3.05) is 18.9 Å². The molecule has 15 heavy (non-hydrogen) atoms. The summed E-state index contributed by atoms with van der Waals surface area (Å²) in [4.78, 5) is 11.5. The number of carbonyl (C=O) groups excluding carboxylic acids is 1. The summed E-state index contributed by atoms with van der Waals surface area (Å²) in [7, 11) is 1.84. The van der Waals surface area contributed by atoms with Crippen molar-refractivity contribution in [1.82, 2.24) is 5.32 Å². The van der Waals surface area contributed by atoms with Gasteiger partial charge in [-0.05, 0) is 32.5 Å². The van der Waals surface area contributed by atoms with Gasteiger partial charge in [-0.3, -0.25) is 4.79 Å². The van der Waals surface area contributed by atoms with Crippen molar-refractivity contribution in [2.24, 2.45) is 0 Å². The minimum absolute atomic E-state index is 0.0521. The van der Waals surface area contributed by atoms with Crippen molar-refractivity contribution in [3.05, 3.63) is 29.3 Å². The minimum atomic E-state index is 0.0521. The maximum absolute atomic E-state index is 11.5. The van der Waals surface area contributed by atoms with E-state index < -0.39 is 0 Å². The average molecular weight is 206 g/mol. The smallest absolute Gasteiger partial charge is 0.225 e. The quantitative estimate of drug-likeness (QED) is 0.789. The standard InChI is InChI=1S/C12H18N2O/c1-9-4-5-11(10(2)8-9)14-12(15)6-7-13-3/h4-5,8,13H,6-7H2,1-3H3,(H,14,15). The second-order valence-electron chi connectivity index (χ2n) is 3.72. The van der Waals surface area contributed by atoms with Crippen LogP contribution in [-0.4, -0.2) is 19.5 Å². The Balaban J connectivity index is 2.60. The SMILES string of the molecule is CNCCC(=O)Nc1ccc(C)cc1C. The van der Waals surface area contributed by atoms with Gasteiger partial charge in [0.15, 0.2) is 0 Å². The Bertz CT molecular complexity index is 347. The highest BCUT2D eigenvalue weighted by atomic mass is 16.1. The zero-order valence-electron chi connectivity index (χ0n) is 9.55. The van der Waals surface area contributed by atoms with E-state index in [1.54, 1.807) is 0 Å². The first-order chi connectivity index (χ1) is 7.13. The number of benzene rings is 1. The number of hydrogen-bond acceptors (Lipinski definition) is 2. The molecule has 0 unspecified atom stereocenters. The fourth-order valence-electron chi connectivity index (χ4n) is 1.41. The Labute approximate surface area is 90.9 Å². The molecule has 1 rings (SSSR count). The zero-order chi connectivity index (χ0) is 11.3. The predicted molar refractivity (Wildman–Crippen MR) is 63.1 cm³/mol. The van der Waals surface area contributed by atoms with Crippen LogP contribution in [0.3, 0.4) is 0 Å². The van der Waals surface area contributed by atoms with Crippen LogP contribution in [-0.2, 0) is 4.79 Å². The molecule has 0 spiro atoms. The molecular weight excluding hydrogens is 188 g/mol. The fraction of sp³-hybridized carbons (Fsp3) is 0.417. The number of anilines is 1. The summed E-state index contributed by atoms with van der Waals surface area (Å²) in [5, 5.41) is 5.84. The molecule has 0 heterocycles. The number of hydrogen-bond donors (Lipinski definition) is 2. The first-order valence-corrected chi connectivity index (χ1v) is 5.15. The highest BCUT2D eigenvalue weighted by Crippen LogP contribution is 2.15. The summed E-state index contributed by atoms with van der Waals surface area (Å²) in [5.74, 6) is 0.0521. The maximum atomic E-state index is 11.5. The molecule has 0 bridgehead atoms. The summed E-state index contributed by atoms with van der Waals surface area (Å²) in [6.45, 7) is 4.75. The molecule has 0 radical (unpaired) electrons. The van der Waals surface area contributed by atoms with Gasteiger partial charge in [-0.2, -0.15) is 0 Å². The Hall–Kier alpha value is -1.35. The fourth-order valence-corrected chi connectivity index (χ4v) is 1.41. The van der Waals surface area contributed by atoms with Crippen molar-refractivity contribution in [2.45, 2.75) is 20.3 Å². The summed E-state index contributed by atoms with van der Waals surface area (Å²) < 4.78 is 0. The van der Waals surface area contributed by atoms with Crippen molar-refractivity contribution in [1.29, 1.82) is 0 Å². The van der Waals surface area contributed by atoms with Gasteiger partial charge >= 0.3 is 0 Å². The van der Waals surface area contributed by atoms with Crippen LogP contribution in [0.1, 0.15) is 17.5 Å². The maximum Gasteiger partial charge on any atom is 0.225 e. The van der Waals surface area contributed by atoms with Gasteiger partial charge in [-0.25, -0.2) is 0 Å². The van der Waals surface area contributed by atoms with Crippen LogP contribution in [0.15, 0.2) is 18.2 Å². The van der Waals surface area contributed by atoms with Gasteiger partial charge in [-0.15, -0.1) is 0 Å². The van der Waals surface area contributed by atoms with E-state index in [-0.39, 0.29) is 5.91 Å². The second kappa shape index (κ2) is 5.51. The number of aryl methyl sites for hydroxylation is 2. The van der Waals surface area contributed by atoms with Crippen LogP contribution in [0.25, 0.3) is 0 Å². The number of amides is 1. The van der Waals surface area contributed by atoms with E-state index in [9.17, 15) is 4.79 Å². The Morgan fingerprint density at radius 3 is 2.67 bits per heavy atom. The lowest BCUT2D eigenvalue weighted by atomic mass is 10.1. The molecule has 3 nitrogen and oxygen atoms in total. The van der Waals surface area contributed by atoms with Crippen LogP contribution in [0.4, 0.5) is 5.69 Å². The van der Waals surface area contributed by atoms with E-state index in [1.807, 2.05) is 33.0 Å². The van der Waals surface area contributed by atoms with E-state index in [0.29, 0.717) is 13.0 Å². The summed E-state index contributed by atoms with van der Waals surface area (Å²) in [6.07, 6.45) is 0.504. The molecule has 0 saturated carbocycles. The Kier molecular flexibility index (Phi) is 4.31. The molecule has 1 aromatic carbocycles. The molecule has 1 amide bonds.